The van der Waals surface area contributed by atoms with Gasteiger partial charge in [-0.25, -0.2) is 23.4 Å². The summed E-state index contributed by atoms with van der Waals surface area (Å²) in [5, 5.41) is 10.0. The summed E-state index contributed by atoms with van der Waals surface area (Å²) in [7, 11) is -1.21. The number of sulfone groups is 1. The van der Waals surface area contributed by atoms with E-state index in [4.69, 9.17) is 16.6 Å². The fourth-order valence-corrected chi connectivity index (χ4v) is 6.57. The van der Waals surface area contributed by atoms with Crippen molar-refractivity contribution in [2.45, 2.75) is 39.7 Å². The Morgan fingerprint density at radius 2 is 1.92 bits per heavy atom. The summed E-state index contributed by atoms with van der Waals surface area (Å²) < 4.78 is 25.3. The maximum atomic E-state index is 11.8. The van der Waals surface area contributed by atoms with Crippen LogP contribution in [-0.4, -0.2) is 57.7 Å². The zero-order valence-corrected chi connectivity index (χ0v) is 24.0. The van der Waals surface area contributed by atoms with Crippen LogP contribution in [0.3, 0.4) is 0 Å². The van der Waals surface area contributed by atoms with E-state index in [1.165, 1.54) is 11.8 Å². The molecule has 3 aromatic heterocycles. The van der Waals surface area contributed by atoms with Crippen LogP contribution in [-0.2, 0) is 16.9 Å². The SMILES string of the molecule is Cc1cc(Nc2cc3c(C(C)C)ccc(N4C[C@H](CS(C)(=O)=O)[C@H]4C)c3cn2)nc(-c2cn(C)nc2Cl)n1. The van der Waals surface area contributed by atoms with Gasteiger partial charge in [0.05, 0.1) is 11.3 Å². The van der Waals surface area contributed by atoms with Gasteiger partial charge in [-0.05, 0) is 42.8 Å². The van der Waals surface area contributed by atoms with Crippen LogP contribution in [0.5, 0.6) is 0 Å². The van der Waals surface area contributed by atoms with Crippen molar-refractivity contribution in [2.24, 2.45) is 13.0 Å². The molecular formula is C27H32ClN7O2S. The Morgan fingerprint density at radius 3 is 2.55 bits per heavy atom. The average Bonchev–Trinajstić information content (AvgIpc) is 3.17. The molecule has 5 rings (SSSR count). The lowest BCUT2D eigenvalue weighted by Crippen LogP contribution is -2.57. The lowest BCUT2D eigenvalue weighted by Gasteiger charge is -2.48. The normalized spacial score (nSPS) is 17.7. The van der Waals surface area contributed by atoms with Crippen molar-refractivity contribution in [3.8, 4) is 11.4 Å². The summed E-state index contributed by atoms with van der Waals surface area (Å²) in [6.45, 7) is 9.06. The molecule has 1 aliphatic rings. The van der Waals surface area contributed by atoms with Crippen LogP contribution in [0.4, 0.5) is 17.3 Å². The third-order valence-corrected chi connectivity index (χ3v) is 8.41. The highest BCUT2D eigenvalue weighted by Gasteiger charge is 2.38. The molecule has 0 amide bonds. The van der Waals surface area contributed by atoms with Crippen molar-refractivity contribution in [1.82, 2.24) is 24.7 Å². The third kappa shape index (κ3) is 5.19. The predicted octanol–water partition coefficient (Wildman–Crippen LogP) is 5.12. The molecule has 0 spiro atoms. The maximum Gasteiger partial charge on any atom is 0.166 e. The van der Waals surface area contributed by atoms with Crippen molar-refractivity contribution in [1.29, 1.82) is 0 Å². The van der Waals surface area contributed by atoms with Crippen molar-refractivity contribution in [2.75, 3.05) is 28.8 Å². The number of hydrogen-bond acceptors (Lipinski definition) is 8. The number of anilines is 3. The first-order chi connectivity index (χ1) is 17.9. The van der Waals surface area contributed by atoms with Gasteiger partial charge in [0.2, 0.25) is 0 Å². The van der Waals surface area contributed by atoms with Gasteiger partial charge in [0.1, 0.15) is 21.5 Å². The fourth-order valence-electron chi connectivity index (χ4n) is 5.15. The summed E-state index contributed by atoms with van der Waals surface area (Å²) >= 11 is 6.29. The van der Waals surface area contributed by atoms with Crippen LogP contribution in [0, 0.1) is 12.8 Å². The van der Waals surface area contributed by atoms with Gasteiger partial charge >= 0.3 is 0 Å². The molecule has 9 nitrogen and oxygen atoms in total. The molecule has 1 aromatic carbocycles. The summed E-state index contributed by atoms with van der Waals surface area (Å²) in [4.78, 5) is 16.2. The Bertz CT molecular complexity index is 1630. The molecule has 200 valence electrons. The summed E-state index contributed by atoms with van der Waals surface area (Å²) in [5.41, 5.74) is 3.75. The minimum Gasteiger partial charge on any atom is -0.368 e. The Labute approximate surface area is 228 Å². The molecule has 1 N–H and O–H groups in total. The number of nitrogens with one attached hydrogen (secondary N) is 1. The van der Waals surface area contributed by atoms with Gasteiger partial charge in [-0.15, -0.1) is 0 Å². The first kappa shape index (κ1) is 26.4. The molecule has 4 heterocycles. The van der Waals surface area contributed by atoms with Crippen molar-refractivity contribution < 1.29 is 8.42 Å². The van der Waals surface area contributed by atoms with Crippen molar-refractivity contribution in [3.05, 3.63) is 53.1 Å². The summed E-state index contributed by atoms with van der Waals surface area (Å²) in [6.07, 6.45) is 4.99. The van der Waals surface area contributed by atoms with E-state index >= 15 is 0 Å². The minimum absolute atomic E-state index is 0.127. The van der Waals surface area contributed by atoms with Gasteiger partial charge < -0.3 is 10.2 Å². The standard InChI is InChI=1S/C27H32ClN7O2S/c1-15(2)19-7-8-23(35-12-18(17(35)4)14-38(6,36)37)21-11-29-24(10-20(19)21)31-25-9-16(3)30-27(32-25)22-13-34(5)33-26(22)28/h7-11,13,15,17-18H,12,14H2,1-6H3,(H,29,30,31,32)/t17-,18-/m1/s1. The minimum atomic E-state index is -3.01. The maximum absolute atomic E-state index is 11.8. The zero-order valence-electron chi connectivity index (χ0n) is 22.4. The van der Waals surface area contributed by atoms with E-state index in [2.05, 4.69) is 64.3 Å². The van der Waals surface area contributed by atoms with E-state index in [0.717, 1.165) is 22.2 Å². The van der Waals surface area contributed by atoms with Crippen LogP contribution in [0.2, 0.25) is 5.15 Å². The Morgan fingerprint density at radius 1 is 1.16 bits per heavy atom. The zero-order chi connectivity index (χ0) is 27.4. The number of fused-ring (bicyclic) bond motifs is 1. The van der Waals surface area contributed by atoms with Gasteiger partial charge in [-0.3, -0.25) is 4.68 Å². The Kier molecular flexibility index (Phi) is 6.81. The molecule has 11 heteroatoms. The first-order valence-electron chi connectivity index (χ1n) is 12.6. The molecule has 0 bridgehead atoms. The first-order valence-corrected chi connectivity index (χ1v) is 15.0. The summed E-state index contributed by atoms with van der Waals surface area (Å²) in [5.74, 6) is 2.43. The highest BCUT2D eigenvalue weighted by atomic mass is 35.5. The van der Waals surface area contributed by atoms with E-state index in [1.54, 1.807) is 17.9 Å². The largest absolute Gasteiger partial charge is 0.368 e. The number of nitrogens with zero attached hydrogens (tertiary/aromatic N) is 6. The lowest BCUT2D eigenvalue weighted by molar-refractivity contribution is 0.342. The number of rotatable bonds is 7. The van der Waals surface area contributed by atoms with Crippen molar-refractivity contribution in [3.63, 3.8) is 0 Å². The smallest absolute Gasteiger partial charge is 0.166 e. The number of aromatic nitrogens is 5. The van der Waals surface area contributed by atoms with E-state index in [0.29, 0.717) is 40.6 Å². The van der Waals surface area contributed by atoms with Crippen LogP contribution < -0.4 is 10.2 Å². The van der Waals surface area contributed by atoms with Crippen molar-refractivity contribution >= 4 is 49.5 Å². The van der Waals surface area contributed by atoms with E-state index in [9.17, 15) is 8.42 Å². The van der Waals surface area contributed by atoms with Crippen LogP contribution >= 0.6 is 11.6 Å². The fraction of sp³-hybridized carbons (Fsp3) is 0.407. The molecule has 1 fully saturated rings. The van der Waals surface area contributed by atoms with Crippen LogP contribution in [0.25, 0.3) is 22.2 Å². The van der Waals surface area contributed by atoms with E-state index in [-0.39, 0.29) is 17.7 Å². The monoisotopic (exact) mass is 553 g/mol. The quantitative estimate of drug-likeness (QED) is 0.336. The molecule has 4 aromatic rings. The highest BCUT2D eigenvalue weighted by Crippen LogP contribution is 2.39. The molecule has 0 unspecified atom stereocenters. The van der Waals surface area contributed by atoms with Gasteiger partial charge in [-0.1, -0.05) is 31.5 Å². The molecule has 38 heavy (non-hydrogen) atoms. The van der Waals surface area contributed by atoms with Crippen LogP contribution in [0.1, 0.15) is 37.9 Å². The van der Waals surface area contributed by atoms with Gasteiger partial charge in [0, 0.05) is 67.0 Å². The number of halogens is 1. The Hall–Kier alpha value is -3.24. The molecular weight excluding hydrogens is 522 g/mol. The average molecular weight is 554 g/mol. The number of pyridine rings is 1. The second-order valence-electron chi connectivity index (χ2n) is 10.5. The second-order valence-corrected chi connectivity index (χ2v) is 13.1. The molecule has 1 saturated heterocycles. The Balaban J connectivity index is 1.49. The second kappa shape index (κ2) is 9.81. The number of hydrogen-bond donors (Lipinski definition) is 1. The van der Waals surface area contributed by atoms with Gasteiger partial charge in [-0.2, -0.15) is 5.10 Å². The van der Waals surface area contributed by atoms with E-state index in [1.807, 2.05) is 19.2 Å². The van der Waals surface area contributed by atoms with Gasteiger partial charge in [0.15, 0.2) is 11.0 Å². The van der Waals surface area contributed by atoms with Gasteiger partial charge in [0.25, 0.3) is 0 Å². The lowest BCUT2D eigenvalue weighted by atomic mass is 9.88. The summed E-state index contributed by atoms with van der Waals surface area (Å²) in [6, 6.07) is 8.36. The number of aryl methyl sites for hydroxylation is 2. The van der Waals surface area contributed by atoms with Crippen LogP contribution in [0.15, 0.2) is 36.7 Å². The highest BCUT2D eigenvalue weighted by molar-refractivity contribution is 7.90. The molecule has 1 aliphatic heterocycles. The molecule has 0 radical (unpaired) electrons. The number of benzene rings is 1. The topological polar surface area (TPSA) is 106 Å². The molecule has 0 saturated carbocycles. The molecule has 0 aliphatic carbocycles. The predicted molar refractivity (Wildman–Crippen MR) is 153 cm³/mol. The third-order valence-electron chi connectivity index (χ3n) is 7.10. The molecule has 2 atom stereocenters. The van der Waals surface area contributed by atoms with E-state index < -0.39 is 9.84 Å².